The van der Waals surface area contributed by atoms with E-state index in [2.05, 4.69) is 9.72 Å². The molecule has 0 bridgehead atoms. The van der Waals surface area contributed by atoms with Crippen LogP contribution in [0.4, 0.5) is 0 Å². The Kier molecular flexibility index (Phi) is 1.83. The second kappa shape index (κ2) is 1.56. The molecule has 0 aromatic carbocycles. The van der Waals surface area contributed by atoms with E-state index >= 15 is 0 Å². The minimum absolute atomic E-state index is 2.88. The second-order valence-corrected chi connectivity index (χ2v) is 6.94. The first kappa shape index (κ1) is 5.89. The van der Waals surface area contributed by atoms with Crippen LogP contribution in [0.5, 0.6) is 0 Å². The van der Waals surface area contributed by atoms with Crippen molar-refractivity contribution in [3.8, 4) is 0 Å². The molecule has 0 saturated heterocycles. The van der Waals surface area contributed by atoms with E-state index in [9.17, 15) is 3.02 Å². The van der Waals surface area contributed by atoms with E-state index in [4.69, 9.17) is 6.77 Å². The van der Waals surface area contributed by atoms with E-state index in [0.29, 0.717) is 0 Å². The van der Waals surface area contributed by atoms with Crippen molar-refractivity contribution in [2.24, 2.45) is 0 Å². The van der Waals surface area contributed by atoms with Crippen LogP contribution in [-0.4, -0.2) is 25.0 Å². The monoisotopic (exact) mass is 204 g/mol. The van der Waals surface area contributed by atoms with Crippen molar-refractivity contribution >= 4 is 27.9 Å². The van der Waals surface area contributed by atoms with Gasteiger partial charge in [-0.1, -0.05) is 0 Å². The maximum atomic E-state index is 9.28. The van der Waals surface area contributed by atoms with Gasteiger partial charge in [-0.25, -0.2) is 0 Å². The summed E-state index contributed by atoms with van der Waals surface area (Å²) in [5.41, 5.74) is 0. The Bertz CT molecular complexity index is 53.0. The van der Waals surface area contributed by atoms with Crippen LogP contribution >= 0.6 is 9.72 Å². The molecule has 2 N–H and O–H groups in total. The molecule has 32 valence electrons. The summed E-state index contributed by atoms with van der Waals surface area (Å²) in [6.45, 7) is 0. The third kappa shape index (κ3) is 51.7. The van der Waals surface area contributed by atoms with Crippen LogP contribution in [0.25, 0.3) is 0 Å². The summed E-state index contributed by atoms with van der Waals surface area (Å²) in [4.78, 5) is 0. The third-order valence-electron chi connectivity index (χ3n) is 0. The molecule has 0 unspecified atom stereocenters. The molecule has 0 atom stereocenters. The van der Waals surface area contributed by atoms with E-state index in [1.807, 2.05) is 0 Å². The van der Waals surface area contributed by atoms with Crippen molar-refractivity contribution in [2.45, 2.75) is 0 Å². The Balaban J connectivity index is 3.47. The van der Waals surface area contributed by atoms with Gasteiger partial charge in [-0.15, -0.1) is 0 Å². The van der Waals surface area contributed by atoms with E-state index in [1.54, 1.807) is 0 Å². The van der Waals surface area contributed by atoms with E-state index in [1.165, 1.54) is 0 Å². The van der Waals surface area contributed by atoms with Crippen LogP contribution in [0.15, 0.2) is 0 Å². The zero-order chi connectivity index (χ0) is 4.50. The molecule has 0 aliphatic rings. The molecule has 5 heavy (non-hydrogen) atoms. The molecular formula is H3O3SSb. The molecule has 0 heterocycles. The third-order valence-corrected chi connectivity index (χ3v) is 0. The molecular weight excluding hydrogens is 202 g/mol. The van der Waals surface area contributed by atoms with E-state index in [-0.39, 0.29) is 0 Å². The summed E-state index contributed by atoms with van der Waals surface area (Å²) in [6.07, 6.45) is 0. The Morgan fingerprint density at radius 1 is 1.60 bits per heavy atom. The zero-order valence-electron chi connectivity index (χ0n) is 2.20. The van der Waals surface area contributed by atoms with Gasteiger partial charge in [0.15, 0.2) is 0 Å². The average molecular weight is 205 g/mol. The first-order valence-electron chi connectivity index (χ1n) is 0.783. The van der Waals surface area contributed by atoms with Crippen LogP contribution in [0.2, 0.25) is 0 Å². The Labute approximate surface area is 38.0 Å². The van der Waals surface area contributed by atoms with Crippen LogP contribution in [-0.2, 0) is 3.02 Å². The molecule has 3 nitrogen and oxygen atoms in total. The minimum atomic E-state index is -4.66. The molecule has 0 aromatic rings. The van der Waals surface area contributed by atoms with E-state index < -0.39 is 18.2 Å². The number of hydrogen-bond acceptors (Lipinski definition) is 1. The van der Waals surface area contributed by atoms with Gasteiger partial charge in [0.05, 0.1) is 0 Å². The Morgan fingerprint density at radius 2 is 1.60 bits per heavy atom. The Morgan fingerprint density at radius 3 is 1.60 bits per heavy atom. The summed E-state index contributed by atoms with van der Waals surface area (Å²) in [5, 5.41) is 0. The Hall–Kier alpha value is 0.888. The van der Waals surface area contributed by atoms with Gasteiger partial charge in [0.25, 0.3) is 0 Å². The first-order valence-corrected chi connectivity index (χ1v) is 7.93. The summed E-state index contributed by atoms with van der Waals surface area (Å²) >= 11 is -4.66. The molecule has 0 amide bonds. The molecule has 0 aliphatic carbocycles. The molecule has 0 aliphatic heterocycles. The van der Waals surface area contributed by atoms with Gasteiger partial charge in [0.2, 0.25) is 0 Å². The fourth-order valence-electron chi connectivity index (χ4n) is 0. The molecule has 0 aromatic heterocycles. The quantitative estimate of drug-likeness (QED) is 0.342. The van der Waals surface area contributed by atoms with Crippen LogP contribution in [0.3, 0.4) is 0 Å². The van der Waals surface area contributed by atoms with Crippen LogP contribution < -0.4 is 0 Å². The molecule has 5 heteroatoms. The van der Waals surface area contributed by atoms with E-state index in [0.717, 1.165) is 0 Å². The van der Waals surface area contributed by atoms with Crippen molar-refractivity contribution in [3.63, 3.8) is 0 Å². The van der Waals surface area contributed by atoms with Crippen LogP contribution in [0.1, 0.15) is 0 Å². The molecule has 0 radical (unpaired) electrons. The number of hydrogen-bond donors (Lipinski definition) is 3. The zero-order valence-corrected chi connectivity index (χ0v) is 5.64. The van der Waals surface area contributed by atoms with Crippen molar-refractivity contribution in [2.75, 3.05) is 0 Å². The molecule has 0 spiro atoms. The van der Waals surface area contributed by atoms with Crippen LogP contribution in [0, 0.1) is 0 Å². The van der Waals surface area contributed by atoms with Gasteiger partial charge < -0.3 is 0 Å². The molecule has 0 rings (SSSR count). The maximum absolute atomic E-state index is 9.28. The predicted molar refractivity (Wildman–Crippen MR) is 19.9 cm³/mol. The van der Waals surface area contributed by atoms with Crippen molar-refractivity contribution < 1.29 is 9.79 Å². The van der Waals surface area contributed by atoms with Crippen molar-refractivity contribution in [1.29, 1.82) is 0 Å². The summed E-state index contributed by atoms with van der Waals surface area (Å²) in [7, 11) is 2.88. The topological polar surface area (TPSA) is 57.5 Å². The van der Waals surface area contributed by atoms with Crippen molar-refractivity contribution in [3.05, 3.63) is 0 Å². The molecule has 0 saturated carbocycles. The first-order chi connectivity index (χ1) is 2.00. The average Bonchev–Trinajstić information content (AvgIpc) is 0.722. The predicted octanol–water partition coefficient (Wildman–Crippen LogP) is -1.23. The number of rotatable bonds is 0. The summed E-state index contributed by atoms with van der Waals surface area (Å²) in [5.74, 6) is 0. The fourth-order valence-corrected chi connectivity index (χ4v) is 0. The summed E-state index contributed by atoms with van der Waals surface area (Å²) in [6, 6.07) is 0. The summed E-state index contributed by atoms with van der Waals surface area (Å²) < 4.78 is 24.4. The van der Waals surface area contributed by atoms with Gasteiger partial charge >= 0.3 is 37.7 Å². The number of thiol groups is 1. The van der Waals surface area contributed by atoms with Gasteiger partial charge in [-0.2, -0.15) is 0 Å². The van der Waals surface area contributed by atoms with Crippen molar-refractivity contribution in [1.82, 2.24) is 0 Å². The van der Waals surface area contributed by atoms with Gasteiger partial charge in [-0.05, 0) is 0 Å². The van der Waals surface area contributed by atoms with Gasteiger partial charge in [-0.3, -0.25) is 0 Å². The van der Waals surface area contributed by atoms with Gasteiger partial charge in [0, 0.05) is 0 Å². The molecule has 0 fully saturated rings. The second-order valence-electron chi connectivity index (χ2n) is 0.513. The normalized spacial score (nSPS) is 11.8. The van der Waals surface area contributed by atoms with Gasteiger partial charge in [0.1, 0.15) is 0 Å². The SMILES string of the molecule is [O]=[Sb]([OH])([OH])[SH]. The standard InChI is InChI=1S/2H2O.O.H2S.Sb/h2*1H2;;1H2;/q;;;;+3/p-3. The fraction of sp³-hybridized carbons (Fsp3) is 0.